The number of alkyl halides is 3. The number of carbonyl (C=O) groups is 2. The molecule has 3 aliphatic carbocycles. The van der Waals surface area contributed by atoms with E-state index in [0.29, 0.717) is 26.1 Å². The highest BCUT2D eigenvalue weighted by Gasteiger charge is 2.62. The Morgan fingerprint density at radius 1 is 1.05 bits per heavy atom. The number of amides is 1. The zero-order valence-corrected chi connectivity index (χ0v) is 22.2. The van der Waals surface area contributed by atoms with Crippen LogP contribution in [0.4, 0.5) is 18.9 Å². The first-order chi connectivity index (χ1) is 18.2. The van der Waals surface area contributed by atoms with Crippen molar-refractivity contribution in [2.45, 2.75) is 101 Å². The second-order valence-corrected chi connectivity index (χ2v) is 12.1. The summed E-state index contributed by atoms with van der Waals surface area (Å²) in [6.45, 7) is 1.30. The van der Waals surface area contributed by atoms with Crippen LogP contribution in [0.25, 0.3) is 0 Å². The van der Waals surface area contributed by atoms with Gasteiger partial charge < -0.3 is 19.5 Å². The molecule has 1 aromatic rings. The fraction of sp³-hybridized carbons (Fsp3) is 0.714. The minimum absolute atomic E-state index is 0.0435. The van der Waals surface area contributed by atoms with E-state index in [1.54, 1.807) is 4.90 Å². The number of rotatable bonds is 6. The van der Waals surface area contributed by atoms with E-state index < -0.39 is 17.6 Å². The fourth-order valence-corrected chi connectivity index (χ4v) is 6.78. The van der Waals surface area contributed by atoms with Gasteiger partial charge in [0.25, 0.3) is 0 Å². The van der Waals surface area contributed by atoms with Crippen LogP contribution in [0.15, 0.2) is 6.07 Å². The van der Waals surface area contributed by atoms with E-state index in [2.05, 4.69) is 11.8 Å². The monoisotopic (exact) mass is 553 g/mol. The molecular weight excluding hydrogens is 519 g/mol. The highest BCUT2D eigenvalue weighted by Crippen LogP contribution is 2.57. The second-order valence-electron chi connectivity index (χ2n) is 11.1. The van der Waals surface area contributed by atoms with Crippen LogP contribution in [0.3, 0.4) is 0 Å². The zero-order valence-electron chi connectivity index (χ0n) is 21.4. The molecule has 2 heterocycles. The molecular formula is C28H34F3NO5S. The molecule has 0 bridgehead atoms. The van der Waals surface area contributed by atoms with Crippen LogP contribution in [0, 0.1) is 23.2 Å². The molecule has 6 nitrogen and oxygen atoms in total. The summed E-state index contributed by atoms with van der Waals surface area (Å²) < 4.78 is 51.8. The maximum Gasteiger partial charge on any atom is 0.405 e. The molecule has 38 heavy (non-hydrogen) atoms. The molecule has 1 aromatic heterocycles. The Hall–Kier alpha value is -2.09. The summed E-state index contributed by atoms with van der Waals surface area (Å²) in [5, 5.41) is 10.0. The SMILES string of the molecule is O=C(O)c1sc(C#CC2(C(F)(F)F)CC2)cc1N(C(=O)C1CCCCC1)[C@H]1CC[C@@H](OC2CCOC2)CC1. The van der Waals surface area contributed by atoms with Gasteiger partial charge in [-0.3, -0.25) is 4.79 Å². The Labute approximate surface area is 224 Å². The maximum atomic E-state index is 13.9. The first-order valence-corrected chi connectivity index (χ1v) is 14.5. The average molecular weight is 554 g/mol. The largest absolute Gasteiger partial charge is 0.477 e. The van der Waals surface area contributed by atoms with Gasteiger partial charge in [-0.15, -0.1) is 11.3 Å². The van der Waals surface area contributed by atoms with Crippen LogP contribution >= 0.6 is 11.3 Å². The highest BCUT2D eigenvalue weighted by atomic mass is 32.1. The average Bonchev–Trinajstić information content (AvgIpc) is 3.33. The van der Waals surface area contributed by atoms with Gasteiger partial charge in [0.2, 0.25) is 5.91 Å². The van der Waals surface area contributed by atoms with Crippen molar-refractivity contribution in [2.24, 2.45) is 11.3 Å². The van der Waals surface area contributed by atoms with Crippen LogP contribution in [-0.2, 0) is 14.3 Å². The topological polar surface area (TPSA) is 76.1 Å². The molecule has 1 N–H and O–H groups in total. The van der Waals surface area contributed by atoms with E-state index in [1.165, 1.54) is 6.07 Å². The lowest BCUT2D eigenvalue weighted by atomic mass is 9.86. The van der Waals surface area contributed by atoms with Gasteiger partial charge in [-0.05, 0) is 63.9 Å². The van der Waals surface area contributed by atoms with Crippen molar-refractivity contribution < 1.29 is 37.3 Å². The van der Waals surface area contributed by atoms with E-state index in [4.69, 9.17) is 9.47 Å². The summed E-state index contributed by atoms with van der Waals surface area (Å²) in [7, 11) is 0. The molecule has 208 valence electrons. The van der Waals surface area contributed by atoms with Gasteiger partial charge in [0.05, 0.1) is 29.4 Å². The van der Waals surface area contributed by atoms with Crippen molar-refractivity contribution in [3.05, 3.63) is 15.8 Å². The molecule has 5 rings (SSSR count). The minimum atomic E-state index is -4.41. The second kappa shape index (κ2) is 11.2. The molecule has 1 aliphatic heterocycles. The normalized spacial score (nSPS) is 27.4. The summed E-state index contributed by atoms with van der Waals surface area (Å²) in [4.78, 5) is 28.0. The molecule has 3 saturated carbocycles. The Morgan fingerprint density at radius 3 is 2.34 bits per heavy atom. The van der Waals surface area contributed by atoms with E-state index in [9.17, 15) is 27.9 Å². The molecule has 4 fully saturated rings. The quantitative estimate of drug-likeness (QED) is 0.427. The van der Waals surface area contributed by atoms with Crippen LogP contribution in [0.5, 0.6) is 0 Å². The number of thiophene rings is 1. The van der Waals surface area contributed by atoms with E-state index in [1.807, 2.05) is 0 Å². The Morgan fingerprint density at radius 2 is 1.76 bits per heavy atom. The molecule has 0 spiro atoms. The third kappa shape index (κ3) is 5.90. The third-order valence-corrected chi connectivity index (χ3v) is 9.39. The van der Waals surface area contributed by atoms with Gasteiger partial charge in [-0.1, -0.05) is 31.1 Å². The molecule has 0 aromatic carbocycles. The summed E-state index contributed by atoms with van der Waals surface area (Å²) >= 11 is 0.852. The summed E-state index contributed by atoms with van der Waals surface area (Å²) in [5.41, 5.74) is -1.73. The molecule has 1 atom stereocenters. The first kappa shape index (κ1) is 27.5. The van der Waals surface area contributed by atoms with Crippen LogP contribution in [-0.4, -0.2) is 54.6 Å². The standard InChI is InChI=1S/C28H34F3NO5S/c29-28(30,31)27(13-14-27)12-10-22-16-23(24(38-22)26(34)35)32(25(33)18-4-2-1-3-5-18)19-6-8-20(9-7-19)37-21-11-15-36-17-21/h16,18-21H,1-9,11,13-15,17H2,(H,34,35)/t19-,20+,21?. The van der Waals surface area contributed by atoms with E-state index in [-0.39, 0.29) is 58.4 Å². The van der Waals surface area contributed by atoms with Crippen LogP contribution in [0.2, 0.25) is 0 Å². The number of aromatic carboxylic acids is 1. The molecule has 0 radical (unpaired) electrons. The Kier molecular flexibility index (Phi) is 8.09. The first-order valence-electron chi connectivity index (χ1n) is 13.7. The lowest BCUT2D eigenvalue weighted by molar-refractivity contribution is -0.168. The lowest BCUT2D eigenvalue weighted by Gasteiger charge is -2.39. The number of ether oxygens (including phenoxy) is 2. The van der Waals surface area contributed by atoms with Crippen molar-refractivity contribution in [1.29, 1.82) is 0 Å². The molecule has 10 heteroatoms. The fourth-order valence-electron chi connectivity index (χ4n) is 5.93. The van der Waals surface area contributed by atoms with Gasteiger partial charge >= 0.3 is 12.1 Å². The van der Waals surface area contributed by atoms with Gasteiger partial charge in [0.15, 0.2) is 0 Å². The zero-order chi connectivity index (χ0) is 26.9. The van der Waals surface area contributed by atoms with Crippen molar-refractivity contribution in [3.63, 3.8) is 0 Å². The van der Waals surface area contributed by atoms with E-state index >= 15 is 0 Å². The number of carboxylic acids is 1. The summed E-state index contributed by atoms with van der Waals surface area (Å²) in [6, 6.07) is 1.33. The smallest absolute Gasteiger partial charge is 0.405 e. The third-order valence-electron chi connectivity index (χ3n) is 8.36. The van der Waals surface area contributed by atoms with Crippen molar-refractivity contribution >= 4 is 28.9 Å². The number of carbonyl (C=O) groups excluding carboxylic acids is 1. The number of anilines is 1. The van der Waals surface area contributed by atoms with Crippen LogP contribution in [0.1, 0.15) is 91.6 Å². The van der Waals surface area contributed by atoms with Gasteiger partial charge in [0.1, 0.15) is 10.3 Å². The maximum absolute atomic E-state index is 13.9. The highest BCUT2D eigenvalue weighted by molar-refractivity contribution is 7.15. The van der Waals surface area contributed by atoms with Crippen molar-refractivity contribution in [2.75, 3.05) is 18.1 Å². The van der Waals surface area contributed by atoms with Gasteiger partial charge in [-0.25, -0.2) is 4.79 Å². The lowest BCUT2D eigenvalue weighted by Crippen LogP contribution is -2.47. The number of halogens is 3. The molecule has 1 saturated heterocycles. The van der Waals surface area contributed by atoms with Crippen molar-refractivity contribution in [3.8, 4) is 11.8 Å². The molecule has 1 unspecified atom stereocenters. The predicted octanol–water partition coefficient (Wildman–Crippen LogP) is 6.17. The molecule has 4 aliphatic rings. The summed E-state index contributed by atoms with van der Waals surface area (Å²) in [6.07, 6.45) is 3.92. The van der Waals surface area contributed by atoms with Gasteiger partial charge in [0, 0.05) is 18.6 Å². The number of nitrogens with zero attached hydrogens (tertiary/aromatic N) is 1. The van der Waals surface area contributed by atoms with Crippen molar-refractivity contribution in [1.82, 2.24) is 0 Å². The predicted molar refractivity (Wildman–Crippen MR) is 136 cm³/mol. The Bertz CT molecular complexity index is 1080. The number of hydrogen-bond acceptors (Lipinski definition) is 5. The minimum Gasteiger partial charge on any atom is -0.477 e. The Balaban J connectivity index is 1.41. The molecule has 1 amide bonds. The summed E-state index contributed by atoms with van der Waals surface area (Å²) in [5.74, 6) is 3.53. The van der Waals surface area contributed by atoms with E-state index in [0.717, 1.165) is 62.7 Å². The van der Waals surface area contributed by atoms with Gasteiger partial charge in [-0.2, -0.15) is 13.2 Å². The van der Waals surface area contributed by atoms with Crippen LogP contribution < -0.4 is 4.90 Å². The number of hydrogen-bond donors (Lipinski definition) is 1. The number of carboxylic acid groups (broad SMARTS) is 1.